The highest BCUT2D eigenvalue weighted by Crippen LogP contribution is 2.21. The molecule has 84 valence electrons. The van der Waals surface area contributed by atoms with E-state index >= 15 is 0 Å². The van der Waals surface area contributed by atoms with E-state index in [-0.39, 0.29) is 5.91 Å². The summed E-state index contributed by atoms with van der Waals surface area (Å²) >= 11 is 5.87. The van der Waals surface area contributed by atoms with E-state index in [0.29, 0.717) is 23.0 Å². The van der Waals surface area contributed by atoms with E-state index in [4.69, 9.17) is 16.3 Å². The van der Waals surface area contributed by atoms with E-state index in [1.54, 1.807) is 12.3 Å². The zero-order chi connectivity index (χ0) is 12.0. The molecule has 1 aromatic heterocycles. The van der Waals surface area contributed by atoms with Crippen LogP contribution in [0.4, 0.5) is 0 Å². The van der Waals surface area contributed by atoms with Crippen LogP contribution in [0.15, 0.2) is 12.3 Å². The molecule has 0 saturated heterocycles. The lowest BCUT2D eigenvalue weighted by Gasteiger charge is -2.00. The Morgan fingerprint density at radius 1 is 1.69 bits per heavy atom. The van der Waals surface area contributed by atoms with Crippen LogP contribution in [0.3, 0.4) is 0 Å². The Labute approximate surface area is 99.0 Å². The molecule has 1 rings (SSSR count). The molecule has 0 fully saturated rings. The second-order valence-electron chi connectivity index (χ2n) is 2.93. The molecule has 1 amide bonds. The molecule has 1 heterocycles. The third-order valence-electron chi connectivity index (χ3n) is 1.66. The molecular formula is C11H11ClN2O2. The Morgan fingerprint density at radius 3 is 3.00 bits per heavy atom. The number of halogens is 1. The molecule has 0 unspecified atom stereocenters. The average molecular weight is 239 g/mol. The summed E-state index contributed by atoms with van der Waals surface area (Å²) in [7, 11) is 1.50. The number of carbonyl (C=O) groups is 1. The number of methoxy groups -OCH3 is 1. The van der Waals surface area contributed by atoms with Crippen LogP contribution in [0.1, 0.15) is 12.5 Å². The zero-order valence-electron chi connectivity index (χ0n) is 9.00. The fourth-order valence-corrected chi connectivity index (χ4v) is 1.20. The first-order valence-electron chi connectivity index (χ1n) is 4.56. The van der Waals surface area contributed by atoms with Gasteiger partial charge in [0.1, 0.15) is 5.02 Å². The first kappa shape index (κ1) is 12.3. The second kappa shape index (κ2) is 5.99. The van der Waals surface area contributed by atoms with Crippen molar-refractivity contribution in [1.29, 1.82) is 0 Å². The molecule has 0 spiro atoms. The summed E-state index contributed by atoms with van der Waals surface area (Å²) in [5.41, 5.74) is 0.677. The molecule has 16 heavy (non-hydrogen) atoms. The van der Waals surface area contributed by atoms with Gasteiger partial charge in [0, 0.05) is 18.7 Å². The smallest absolute Gasteiger partial charge is 0.232 e. The molecule has 0 radical (unpaired) electrons. The number of nitrogens with one attached hydrogen (secondary N) is 1. The highest BCUT2D eigenvalue weighted by molar-refractivity contribution is 6.31. The van der Waals surface area contributed by atoms with Crippen LogP contribution in [0.25, 0.3) is 0 Å². The molecule has 0 aromatic carbocycles. The van der Waals surface area contributed by atoms with Crippen LogP contribution in [-0.2, 0) is 4.79 Å². The van der Waals surface area contributed by atoms with Crippen LogP contribution in [0.2, 0.25) is 5.02 Å². The molecule has 0 bridgehead atoms. The van der Waals surface area contributed by atoms with Gasteiger partial charge in [-0.15, -0.1) is 0 Å². The molecule has 1 N–H and O–H groups in total. The van der Waals surface area contributed by atoms with Crippen LogP contribution < -0.4 is 10.1 Å². The standard InChI is InChI=1S/C11H11ClN2O2/c1-8(15)13-5-3-4-9-6-10(12)11(16-2)14-7-9/h6-7H,5H2,1-2H3,(H,13,15). The Kier molecular flexibility index (Phi) is 4.62. The van der Waals surface area contributed by atoms with Crippen molar-refractivity contribution in [3.63, 3.8) is 0 Å². The number of ether oxygens (including phenoxy) is 1. The van der Waals surface area contributed by atoms with Gasteiger partial charge in [-0.25, -0.2) is 4.98 Å². The van der Waals surface area contributed by atoms with Gasteiger partial charge in [-0.05, 0) is 6.07 Å². The Balaban J connectivity index is 2.67. The summed E-state index contributed by atoms with van der Waals surface area (Å²) in [5.74, 6) is 5.86. The predicted octanol–water partition coefficient (Wildman–Crippen LogP) is 1.23. The maximum Gasteiger partial charge on any atom is 0.232 e. The molecule has 4 nitrogen and oxygen atoms in total. The van der Waals surface area contributed by atoms with E-state index in [9.17, 15) is 4.79 Å². The average Bonchev–Trinajstić information content (AvgIpc) is 2.24. The largest absolute Gasteiger partial charge is 0.480 e. The second-order valence-corrected chi connectivity index (χ2v) is 3.33. The van der Waals surface area contributed by atoms with Crippen molar-refractivity contribution in [3.05, 3.63) is 22.8 Å². The topological polar surface area (TPSA) is 51.2 Å². The number of carbonyl (C=O) groups excluding carboxylic acids is 1. The first-order valence-corrected chi connectivity index (χ1v) is 4.94. The summed E-state index contributed by atoms with van der Waals surface area (Å²) in [6.45, 7) is 1.74. The summed E-state index contributed by atoms with van der Waals surface area (Å²) in [4.78, 5) is 14.5. The SMILES string of the molecule is COc1ncc(C#CCNC(C)=O)cc1Cl. The van der Waals surface area contributed by atoms with Crippen molar-refractivity contribution in [2.24, 2.45) is 0 Å². The minimum absolute atomic E-state index is 0.111. The lowest BCUT2D eigenvalue weighted by molar-refractivity contribution is -0.118. The van der Waals surface area contributed by atoms with Crippen molar-refractivity contribution in [1.82, 2.24) is 10.3 Å². The van der Waals surface area contributed by atoms with Gasteiger partial charge >= 0.3 is 0 Å². The number of amides is 1. The molecule has 0 saturated carbocycles. The highest BCUT2D eigenvalue weighted by Gasteiger charge is 2.01. The lowest BCUT2D eigenvalue weighted by atomic mass is 10.3. The van der Waals surface area contributed by atoms with Gasteiger partial charge in [-0.2, -0.15) is 0 Å². The van der Waals surface area contributed by atoms with Gasteiger partial charge in [0.05, 0.1) is 13.7 Å². The number of nitrogens with zero attached hydrogens (tertiary/aromatic N) is 1. The number of hydrogen-bond donors (Lipinski definition) is 1. The monoisotopic (exact) mass is 238 g/mol. The van der Waals surface area contributed by atoms with Gasteiger partial charge in [-0.3, -0.25) is 4.79 Å². The summed E-state index contributed by atoms with van der Waals surface area (Å²) < 4.78 is 4.91. The number of aromatic nitrogens is 1. The minimum atomic E-state index is -0.111. The first-order chi connectivity index (χ1) is 7.63. The summed E-state index contributed by atoms with van der Waals surface area (Å²) in [6, 6.07) is 1.66. The van der Waals surface area contributed by atoms with Crippen LogP contribution in [0, 0.1) is 11.8 Å². The number of hydrogen-bond acceptors (Lipinski definition) is 3. The lowest BCUT2D eigenvalue weighted by Crippen LogP contribution is -2.19. The molecule has 0 aliphatic heterocycles. The molecular weight excluding hydrogens is 228 g/mol. The Hall–Kier alpha value is -1.73. The Bertz CT molecular complexity index is 449. The van der Waals surface area contributed by atoms with Crippen LogP contribution >= 0.6 is 11.6 Å². The van der Waals surface area contributed by atoms with Gasteiger partial charge in [0.15, 0.2) is 0 Å². The van der Waals surface area contributed by atoms with Gasteiger partial charge < -0.3 is 10.1 Å². The fourth-order valence-electron chi connectivity index (χ4n) is 0.959. The minimum Gasteiger partial charge on any atom is -0.480 e. The van der Waals surface area contributed by atoms with Crippen LogP contribution in [0.5, 0.6) is 5.88 Å². The quantitative estimate of drug-likeness (QED) is 0.789. The number of rotatable bonds is 2. The summed E-state index contributed by atoms with van der Waals surface area (Å²) in [5, 5.41) is 2.97. The van der Waals surface area contributed by atoms with Crippen molar-refractivity contribution in [2.75, 3.05) is 13.7 Å². The molecule has 1 aromatic rings. The highest BCUT2D eigenvalue weighted by atomic mass is 35.5. The van der Waals surface area contributed by atoms with Crippen molar-refractivity contribution < 1.29 is 9.53 Å². The van der Waals surface area contributed by atoms with E-state index in [0.717, 1.165) is 0 Å². The predicted molar refractivity (Wildman–Crippen MR) is 61.4 cm³/mol. The molecule has 5 heteroatoms. The molecule has 0 atom stereocenters. The van der Waals surface area contributed by atoms with Crippen molar-refractivity contribution in [3.8, 4) is 17.7 Å². The van der Waals surface area contributed by atoms with Gasteiger partial charge in [0.25, 0.3) is 0 Å². The van der Waals surface area contributed by atoms with Gasteiger partial charge in [0.2, 0.25) is 11.8 Å². The molecule has 0 aliphatic rings. The maximum absolute atomic E-state index is 10.6. The fraction of sp³-hybridized carbons (Fsp3) is 0.273. The van der Waals surface area contributed by atoms with Crippen molar-refractivity contribution in [2.45, 2.75) is 6.92 Å². The van der Waals surface area contributed by atoms with Crippen molar-refractivity contribution >= 4 is 17.5 Å². The van der Waals surface area contributed by atoms with E-state index in [2.05, 4.69) is 22.1 Å². The van der Waals surface area contributed by atoms with Gasteiger partial charge in [-0.1, -0.05) is 23.4 Å². The van der Waals surface area contributed by atoms with E-state index in [1.807, 2.05) is 0 Å². The third-order valence-corrected chi connectivity index (χ3v) is 1.93. The third kappa shape index (κ3) is 3.79. The zero-order valence-corrected chi connectivity index (χ0v) is 9.76. The maximum atomic E-state index is 10.6. The van der Waals surface area contributed by atoms with Crippen LogP contribution in [-0.4, -0.2) is 24.5 Å². The van der Waals surface area contributed by atoms with E-state index < -0.39 is 0 Å². The molecule has 0 aliphatic carbocycles. The number of pyridine rings is 1. The Morgan fingerprint density at radius 2 is 2.44 bits per heavy atom. The summed E-state index contributed by atoms with van der Waals surface area (Å²) in [6.07, 6.45) is 1.56. The van der Waals surface area contributed by atoms with E-state index in [1.165, 1.54) is 14.0 Å². The normalized spacial score (nSPS) is 8.94.